The van der Waals surface area contributed by atoms with Crippen molar-refractivity contribution in [3.63, 3.8) is 0 Å². The summed E-state index contributed by atoms with van der Waals surface area (Å²) in [6.07, 6.45) is 2.16. The lowest BCUT2D eigenvalue weighted by molar-refractivity contribution is 0.0750. The van der Waals surface area contributed by atoms with Crippen LogP contribution in [0.1, 0.15) is 23.2 Å². The van der Waals surface area contributed by atoms with Crippen molar-refractivity contribution in [2.75, 3.05) is 11.9 Å². The molecule has 1 aromatic rings. The predicted molar refractivity (Wildman–Crippen MR) is 77.0 cm³/mol. The van der Waals surface area contributed by atoms with Gasteiger partial charge < -0.3 is 4.90 Å². The van der Waals surface area contributed by atoms with Crippen LogP contribution in [0.2, 0.25) is 5.02 Å². The summed E-state index contributed by atoms with van der Waals surface area (Å²) in [5.74, 6) is 0.0873. The van der Waals surface area contributed by atoms with Gasteiger partial charge in [-0.2, -0.15) is 0 Å². The molecule has 0 N–H and O–H groups in total. The molecule has 0 saturated carbocycles. The Balaban J connectivity index is 2.21. The number of amides is 1. The molecule has 0 spiro atoms. The Kier molecular flexibility index (Phi) is 4.50. The summed E-state index contributed by atoms with van der Waals surface area (Å²) in [4.78, 5) is 14.3. The molecular formula is C12H12Br2ClNO. The van der Waals surface area contributed by atoms with E-state index in [0.29, 0.717) is 16.6 Å². The fraction of sp³-hybridized carbons (Fsp3) is 0.417. The van der Waals surface area contributed by atoms with E-state index in [1.807, 2.05) is 4.90 Å². The Labute approximate surface area is 123 Å². The van der Waals surface area contributed by atoms with Crippen molar-refractivity contribution in [2.24, 2.45) is 0 Å². The number of halogens is 3. The highest BCUT2D eigenvalue weighted by molar-refractivity contribution is 9.10. The number of likely N-dealkylation sites (tertiary alicyclic amines) is 1. The van der Waals surface area contributed by atoms with Crippen molar-refractivity contribution < 1.29 is 4.79 Å². The Hall–Kier alpha value is -0.0600. The fourth-order valence-electron chi connectivity index (χ4n) is 2.06. The Morgan fingerprint density at radius 3 is 2.94 bits per heavy atom. The normalized spacial score (nSPS) is 19.7. The SMILES string of the molecule is O=C(c1ccc(Cl)c(Br)c1)N1CCCC1CBr. The van der Waals surface area contributed by atoms with Crippen molar-refractivity contribution >= 4 is 49.4 Å². The van der Waals surface area contributed by atoms with Crippen molar-refractivity contribution in [3.8, 4) is 0 Å². The highest BCUT2D eigenvalue weighted by Crippen LogP contribution is 2.26. The molecule has 0 bridgehead atoms. The lowest BCUT2D eigenvalue weighted by Crippen LogP contribution is -2.36. The van der Waals surface area contributed by atoms with Gasteiger partial charge in [0.25, 0.3) is 5.91 Å². The summed E-state index contributed by atoms with van der Waals surface area (Å²) in [7, 11) is 0. The van der Waals surface area contributed by atoms with Crippen LogP contribution < -0.4 is 0 Å². The minimum Gasteiger partial charge on any atom is -0.335 e. The van der Waals surface area contributed by atoms with Crippen LogP contribution in [0.3, 0.4) is 0 Å². The van der Waals surface area contributed by atoms with E-state index in [1.165, 1.54) is 0 Å². The third kappa shape index (κ3) is 2.85. The molecule has 0 aromatic heterocycles. The molecule has 2 rings (SSSR count). The second-order valence-electron chi connectivity index (χ2n) is 4.08. The van der Waals surface area contributed by atoms with Crippen LogP contribution in [-0.4, -0.2) is 28.7 Å². The average Bonchev–Trinajstić information content (AvgIpc) is 2.80. The van der Waals surface area contributed by atoms with Crippen molar-refractivity contribution in [1.29, 1.82) is 0 Å². The first-order valence-corrected chi connectivity index (χ1v) is 7.74. The summed E-state index contributed by atoms with van der Waals surface area (Å²) in [5, 5.41) is 1.47. The van der Waals surface area contributed by atoms with E-state index >= 15 is 0 Å². The van der Waals surface area contributed by atoms with Gasteiger partial charge in [0.2, 0.25) is 0 Å². The molecule has 1 amide bonds. The largest absolute Gasteiger partial charge is 0.335 e. The van der Waals surface area contributed by atoms with E-state index in [4.69, 9.17) is 11.6 Å². The van der Waals surface area contributed by atoms with Crippen LogP contribution in [-0.2, 0) is 0 Å². The van der Waals surface area contributed by atoms with E-state index in [0.717, 1.165) is 29.2 Å². The number of carbonyl (C=O) groups is 1. The van der Waals surface area contributed by atoms with Gasteiger partial charge in [-0.1, -0.05) is 27.5 Å². The zero-order valence-corrected chi connectivity index (χ0v) is 13.1. The molecule has 92 valence electrons. The smallest absolute Gasteiger partial charge is 0.254 e. The standard InChI is InChI=1S/C12H12Br2ClNO/c13-7-9-2-1-5-16(9)12(17)8-3-4-11(15)10(14)6-8/h3-4,6,9H,1-2,5,7H2. The molecule has 1 aromatic carbocycles. The van der Waals surface area contributed by atoms with Gasteiger partial charge in [0.1, 0.15) is 0 Å². The molecule has 5 heteroatoms. The summed E-state index contributed by atoms with van der Waals surface area (Å²) in [5.41, 5.74) is 0.689. The van der Waals surface area contributed by atoms with Crippen LogP contribution in [0.5, 0.6) is 0 Å². The molecular weight excluding hydrogens is 369 g/mol. The molecule has 17 heavy (non-hydrogen) atoms. The number of carbonyl (C=O) groups excluding carboxylic acids is 1. The van der Waals surface area contributed by atoms with E-state index in [2.05, 4.69) is 31.9 Å². The number of rotatable bonds is 2. The number of hydrogen-bond acceptors (Lipinski definition) is 1. The van der Waals surface area contributed by atoms with Gasteiger partial charge in [-0.15, -0.1) is 0 Å². The topological polar surface area (TPSA) is 20.3 Å². The predicted octanol–water partition coefficient (Wildman–Crippen LogP) is 4.10. The molecule has 1 fully saturated rings. The maximum absolute atomic E-state index is 12.3. The van der Waals surface area contributed by atoms with Crippen LogP contribution in [0.15, 0.2) is 22.7 Å². The third-order valence-electron chi connectivity index (χ3n) is 2.98. The maximum Gasteiger partial charge on any atom is 0.254 e. The van der Waals surface area contributed by atoms with Crippen LogP contribution in [0.4, 0.5) is 0 Å². The molecule has 1 unspecified atom stereocenters. The summed E-state index contributed by atoms with van der Waals surface area (Å²) < 4.78 is 0.764. The van der Waals surface area contributed by atoms with Crippen molar-refractivity contribution in [2.45, 2.75) is 18.9 Å². The Morgan fingerprint density at radius 2 is 2.29 bits per heavy atom. The number of benzene rings is 1. The first-order valence-electron chi connectivity index (χ1n) is 5.45. The van der Waals surface area contributed by atoms with Gasteiger partial charge in [0.05, 0.1) is 5.02 Å². The highest BCUT2D eigenvalue weighted by atomic mass is 79.9. The monoisotopic (exact) mass is 379 g/mol. The third-order valence-corrected chi connectivity index (χ3v) is 4.94. The summed E-state index contributed by atoms with van der Waals surface area (Å²) in [6.45, 7) is 0.843. The quantitative estimate of drug-likeness (QED) is 0.707. The van der Waals surface area contributed by atoms with Crippen LogP contribution in [0.25, 0.3) is 0 Å². The first-order chi connectivity index (χ1) is 8.13. The van der Waals surface area contributed by atoms with E-state index in [-0.39, 0.29) is 5.91 Å². The lowest BCUT2D eigenvalue weighted by Gasteiger charge is -2.23. The molecule has 0 aliphatic carbocycles. The van der Waals surface area contributed by atoms with E-state index in [1.54, 1.807) is 18.2 Å². The molecule has 1 aliphatic heterocycles. The average molecular weight is 381 g/mol. The Morgan fingerprint density at radius 1 is 1.53 bits per heavy atom. The first kappa shape index (κ1) is 13.4. The molecule has 1 atom stereocenters. The zero-order valence-electron chi connectivity index (χ0n) is 9.13. The lowest BCUT2D eigenvalue weighted by atomic mass is 10.2. The Bertz CT molecular complexity index is 439. The summed E-state index contributed by atoms with van der Waals surface area (Å²) in [6, 6.07) is 5.63. The summed E-state index contributed by atoms with van der Waals surface area (Å²) >= 11 is 12.7. The van der Waals surface area contributed by atoms with Crippen molar-refractivity contribution in [1.82, 2.24) is 4.90 Å². The minimum absolute atomic E-state index is 0.0873. The number of alkyl halides is 1. The molecule has 2 nitrogen and oxygen atoms in total. The molecule has 1 heterocycles. The van der Waals surface area contributed by atoms with Gasteiger partial charge in [0, 0.05) is 28.0 Å². The van der Waals surface area contributed by atoms with E-state index in [9.17, 15) is 4.79 Å². The van der Waals surface area contributed by atoms with Gasteiger partial charge in [-0.25, -0.2) is 0 Å². The number of hydrogen-bond donors (Lipinski definition) is 0. The fourth-order valence-corrected chi connectivity index (χ4v) is 3.23. The second kappa shape index (κ2) is 5.72. The van der Waals surface area contributed by atoms with Crippen LogP contribution in [0, 0.1) is 0 Å². The maximum atomic E-state index is 12.3. The molecule has 0 radical (unpaired) electrons. The number of nitrogens with zero attached hydrogens (tertiary/aromatic N) is 1. The van der Waals surface area contributed by atoms with Gasteiger partial charge >= 0.3 is 0 Å². The van der Waals surface area contributed by atoms with E-state index < -0.39 is 0 Å². The van der Waals surface area contributed by atoms with Gasteiger partial charge in [-0.3, -0.25) is 4.79 Å². The van der Waals surface area contributed by atoms with Crippen LogP contribution >= 0.6 is 43.5 Å². The van der Waals surface area contributed by atoms with Gasteiger partial charge in [-0.05, 0) is 47.0 Å². The zero-order chi connectivity index (χ0) is 12.4. The molecule has 1 saturated heterocycles. The minimum atomic E-state index is 0.0873. The molecule has 1 aliphatic rings. The highest BCUT2D eigenvalue weighted by Gasteiger charge is 2.28. The van der Waals surface area contributed by atoms with Crippen molar-refractivity contribution in [3.05, 3.63) is 33.3 Å². The van der Waals surface area contributed by atoms with Gasteiger partial charge in [0.15, 0.2) is 0 Å². The second-order valence-corrected chi connectivity index (χ2v) is 5.99.